The number of carbonyl (C=O) groups excluding carboxylic acids is 4. The van der Waals surface area contributed by atoms with Gasteiger partial charge in [0.15, 0.2) is 12.2 Å². The zero-order chi connectivity index (χ0) is 73.7. The molecule has 0 amide bonds. The summed E-state index contributed by atoms with van der Waals surface area (Å²) in [6.07, 6.45) is 59.7. The highest BCUT2D eigenvalue weighted by Gasteiger charge is 2.30. The van der Waals surface area contributed by atoms with E-state index >= 15 is 0 Å². The summed E-state index contributed by atoms with van der Waals surface area (Å²) in [5.74, 6) is 0.195. The van der Waals surface area contributed by atoms with Crippen molar-refractivity contribution < 1.29 is 80.2 Å². The maximum Gasteiger partial charge on any atom is 0.472 e. The molecule has 3 unspecified atom stereocenters. The molecular formula is C81H158O17P2. The fourth-order valence-electron chi connectivity index (χ4n) is 12.5. The molecule has 100 heavy (non-hydrogen) atoms. The van der Waals surface area contributed by atoms with Crippen LogP contribution >= 0.6 is 15.6 Å². The number of unbranched alkanes of at least 4 members (excludes halogenated alkanes) is 46. The van der Waals surface area contributed by atoms with Crippen molar-refractivity contribution in [3.05, 3.63) is 0 Å². The second-order valence-electron chi connectivity index (χ2n) is 30.4. The van der Waals surface area contributed by atoms with Crippen molar-refractivity contribution in [1.29, 1.82) is 0 Å². The number of aliphatic hydroxyl groups excluding tert-OH is 1. The van der Waals surface area contributed by atoms with Crippen LogP contribution in [0.3, 0.4) is 0 Å². The van der Waals surface area contributed by atoms with Gasteiger partial charge in [0.05, 0.1) is 26.4 Å². The van der Waals surface area contributed by atoms with E-state index in [9.17, 15) is 43.2 Å². The van der Waals surface area contributed by atoms with Gasteiger partial charge in [0.25, 0.3) is 0 Å². The van der Waals surface area contributed by atoms with Gasteiger partial charge in [-0.3, -0.25) is 37.3 Å². The molecule has 0 aromatic rings. The van der Waals surface area contributed by atoms with Crippen LogP contribution in [0.25, 0.3) is 0 Å². The summed E-state index contributed by atoms with van der Waals surface area (Å²) >= 11 is 0. The molecule has 0 fully saturated rings. The van der Waals surface area contributed by atoms with Gasteiger partial charge in [-0.05, 0) is 43.4 Å². The van der Waals surface area contributed by atoms with Gasteiger partial charge in [-0.1, -0.05) is 370 Å². The van der Waals surface area contributed by atoms with Crippen LogP contribution in [-0.4, -0.2) is 96.7 Å². The molecule has 0 aromatic heterocycles. The lowest BCUT2D eigenvalue weighted by Crippen LogP contribution is -2.30. The van der Waals surface area contributed by atoms with Crippen LogP contribution in [0, 0.1) is 17.8 Å². The van der Waals surface area contributed by atoms with Crippen LogP contribution in [0.2, 0.25) is 0 Å². The highest BCUT2D eigenvalue weighted by Crippen LogP contribution is 2.45. The molecule has 0 saturated heterocycles. The van der Waals surface area contributed by atoms with E-state index in [1.54, 1.807) is 0 Å². The van der Waals surface area contributed by atoms with Crippen molar-refractivity contribution in [3.63, 3.8) is 0 Å². The van der Waals surface area contributed by atoms with E-state index < -0.39 is 97.5 Å². The first kappa shape index (κ1) is 98.1. The summed E-state index contributed by atoms with van der Waals surface area (Å²) in [5.41, 5.74) is 0. The Morgan fingerprint density at radius 3 is 0.760 bits per heavy atom. The van der Waals surface area contributed by atoms with E-state index in [0.717, 1.165) is 114 Å². The number of hydrogen-bond donors (Lipinski definition) is 3. The van der Waals surface area contributed by atoms with Gasteiger partial charge in [-0.15, -0.1) is 0 Å². The Bertz CT molecular complexity index is 1940. The molecule has 0 aromatic carbocycles. The van der Waals surface area contributed by atoms with Gasteiger partial charge in [0, 0.05) is 25.7 Å². The molecule has 0 aliphatic carbocycles. The van der Waals surface area contributed by atoms with Gasteiger partial charge in [-0.2, -0.15) is 0 Å². The molecule has 594 valence electrons. The minimum absolute atomic E-state index is 0.106. The number of hydrogen-bond acceptors (Lipinski definition) is 15. The maximum atomic E-state index is 13.1. The maximum absolute atomic E-state index is 13.1. The van der Waals surface area contributed by atoms with Crippen LogP contribution in [0.4, 0.5) is 0 Å². The topological polar surface area (TPSA) is 237 Å². The molecular weight excluding hydrogens is 1310 g/mol. The molecule has 0 saturated carbocycles. The third-order valence-electron chi connectivity index (χ3n) is 19.2. The second-order valence-corrected chi connectivity index (χ2v) is 33.3. The smallest absolute Gasteiger partial charge is 0.462 e. The summed E-state index contributed by atoms with van der Waals surface area (Å²) in [6.45, 7) is 11.9. The van der Waals surface area contributed by atoms with E-state index in [2.05, 4.69) is 48.5 Å². The predicted molar refractivity (Wildman–Crippen MR) is 409 cm³/mol. The van der Waals surface area contributed by atoms with Crippen molar-refractivity contribution in [2.45, 2.75) is 439 Å². The first-order chi connectivity index (χ1) is 48.3. The molecule has 0 radical (unpaired) electrons. The van der Waals surface area contributed by atoms with E-state index in [1.807, 2.05) is 0 Å². The fourth-order valence-corrected chi connectivity index (χ4v) is 14.0. The summed E-state index contributed by atoms with van der Waals surface area (Å²) in [5, 5.41) is 10.6. The Morgan fingerprint density at radius 1 is 0.290 bits per heavy atom. The number of rotatable bonds is 79. The first-order valence-electron chi connectivity index (χ1n) is 41.9. The number of aliphatic hydroxyl groups is 1. The van der Waals surface area contributed by atoms with Crippen molar-refractivity contribution in [1.82, 2.24) is 0 Å². The third kappa shape index (κ3) is 73.0. The van der Waals surface area contributed by atoms with Crippen LogP contribution < -0.4 is 0 Å². The lowest BCUT2D eigenvalue weighted by Gasteiger charge is -2.21. The Hall–Kier alpha value is -1.94. The zero-order valence-corrected chi connectivity index (χ0v) is 67.5. The Morgan fingerprint density at radius 2 is 0.510 bits per heavy atom. The average molecular weight is 1470 g/mol. The van der Waals surface area contributed by atoms with E-state index in [4.69, 9.17) is 37.0 Å². The number of carbonyl (C=O) groups is 4. The van der Waals surface area contributed by atoms with Gasteiger partial charge in [-0.25, -0.2) is 9.13 Å². The third-order valence-corrected chi connectivity index (χ3v) is 21.1. The quantitative estimate of drug-likeness (QED) is 0.0222. The van der Waals surface area contributed by atoms with E-state index in [1.165, 1.54) is 225 Å². The molecule has 0 aliphatic rings. The number of ether oxygens (including phenoxy) is 4. The molecule has 0 rings (SSSR count). The van der Waals surface area contributed by atoms with Crippen molar-refractivity contribution in [2.24, 2.45) is 17.8 Å². The van der Waals surface area contributed by atoms with Crippen LogP contribution in [0.5, 0.6) is 0 Å². The Labute approximate surface area is 613 Å². The number of phosphoric ester groups is 2. The predicted octanol–water partition coefficient (Wildman–Crippen LogP) is 24.1. The van der Waals surface area contributed by atoms with Crippen LogP contribution in [0.1, 0.15) is 421 Å². The Kier molecular flexibility index (Phi) is 69.9. The standard InChI is InChI=1S/C81H158O17P2/c1-8-10-11-12-13-14-15-16-17-18-19-20-25-31-36-41-50-57-64-80(85)97-76(68-91-78(83)62-55-48-40-35-30-24-22-21-23-28-33-38-45-52-59-72(3)4)70-95-99(87,88)93-66-75(82)67-94-100(89,90)96-71-77(69-92-79(84)63-56-49-44-43-47-54-61-74(7)9-2)98-81(86)65-58-51-42-37-32-27-26-29-34-39-46-53-60-73(5)6/h72-77,82H,8-71H2,1-7H3,(H,87,88)(H,89,90)/t74?,75-,76-,77-/m1/s1. The first-order valence-corrected chi connectivity index (χ1v) is 44.9. The number of phosphoric acid groups is 2. The number of esters is 4. The monoisotopic (exact) mass is 1470 g/mol. The SMILES string of the molecule is CCCCCCCCCCCCCCCCCCCCC(=O)O[C@H](COC(=O)CCCCCCCCCCCCCCCCC(C)C)COP(=O)(O)OC[C@@H](O)COP(=O)(O)OC[C@@H](COC(=O)CCCCCCCCC(C)CC)OC(=O)CCCCCCCCCCCCCCC(C)C. The van der Waals surface area contributed by atoms with Gasteiger partial charge in [0.2, 0.25) is 0 Å². The molecule has 19 heteroatoms. The molecule has 0 heterocycles. The fraction of sp³-hybridized carbons (Fsp3) is 0.951. The van der Waals surface area contributed by atoms with Crippen molar-refractivity contribution >= 4 is 39.5 Å². The van der Waals surface area contributed by atoms with Gasteiger partial charge < -0.3 is 33.8 Å². The summed E-state index contributed by atoms with van der Waals surface area (Å²) in [4.78, 5) is 73.0. The van der Waals surface area contributed by atoms with Gasteiger partial charge >= 0.3 is 39.5 Å². The molecule has 0 bridgehead atoms. The van der Waals surface area contributed by atoms with Gasteiger partial charge in [0.1, 0.15) is 19.3 Å². The molecule has 3 N–H and O–H groups in total. The summed E-state index contributed by atoms with van der Waals surface area (Å²) < 4.78 is 68.7. The minimum Gasteiger partial charge on any atom is -0.462 e. The lowest BCUT2D eigenvalue weighted by molar-refractivity contribution is -0.161. The normalized spacial score (nSPS) is 14.2. The van der Waals surface area contributed by atoms with Crippen molar-refractivity contribution in [2.75, 3.05) is 39.6 Å². The van der Waals surface area contributed by atoms with Crippen LogP contribution in [0.15, 0.2) is 0 Å². The minimum atomic E-state index is -4.96. The van der Waals surface area contributed by atoms with Crippen LogP contribution in [-0.2, 0) is 65.4 Å². The molecule has 6 atom stereocenters. The summed E-state index contributed by atoms with van der Waals surface area (Å²) in [7, 11) is -9.92. The zero-order valence-electron chi connectivity index (χ0n) is 65.7. The lowest BCUT2D eigenvalue weighted by atomic mass is 10.00. The average Bonchev–Trinajstić information content (AvgIpc) is 1.02. The van der Waals surface area contributed by atoms with Crippen molar-refractivity contribution in [3.8, 4) is 0 Å². The molecule has 17 nitrogen and oxygen atoms in total. The molecule has 0 aliphatic heterocycles. The highest BCUT2D eigenvalue weighted by molar-refractivity contribution is 7.47. The van der Waals surface area contributed by atoms with E-state index in [0.29, 0.717) is 25.7 Å². The highest BCUT2D eigenvalue weighted by atomic mass is 31.2. The largest absolute Gasteiger partial charge is 0.472 e. The second kappa shape index (κ2) is 71.3. The van der Waals surface area contributed by atoms with E-state index in [-0.39, 0.29) is 25.7 Å². The summed E-state index contributed by atoms with van der Waals surface area (Å²) in [6, 6.07) is 0. The Balaban J connectivity index is 5.25. The molecule has 0 spiro atoms.